The predicted molar refractivity (Wildman–Crippen MR) is 78.5 cm³/mol. The number of aryl methyl sites for hydroxylation is 1. The summed E-state index contributed by atoms with van der Waals surface area (Å²) in [6.45, 7) is 7.24. The van der Waals surface area contributed by atoms with E-state index in [-0.39, 0.29) is 6.04 Å². The molecule has 114 valence electrons. The summed E-state index contributed by atoms with van der Waals surface area (Å²) in [5.41, 5.74) is 2.56. The van der Waals surface area contributed by atoms with Gasteiger partial charge in [0.15, 0.2) is 11.5 Å². The molecule has 0 spiro atoms. The van der Waals surface area contributed by atoms with E-state index in [4.69, 9.17) is 9.47 Å². The lowest BCUT2D eigenvalue weighted by atomic mass is 10.1. The number of nitrogens with zero attached hydrogens (tertiary/aromatic N) is 2. The highest BCUT2D eigenvalue weighted by atomic mass is 16.6. The number of hydrogen-bond donors (Lipinski definition) is 1. The molecule has 0 amide bonds. The summed E-state index contributed by atoms with van der Waals surface area (Å²) >= 11 is 0. The largest absolute Gasteiger partial charge is 0.493 e. The summed E-state index contributed by atoms with van der Waals surface area (Å²) in [4.78, 5) is 0. The maximum Gasteiger partial charge on any atom is 0.161 e. The second-order valence-corrected chi connectivity index (χ2v) is 4.77. The van der Waals surface area contributed by atoms with Gasteiger partial charge in [-0.3, -0.25) is 0 Å². The zero-order valence-corrected chi connectivity index (χ0v) is 12.8. The molecule has 1 N–H and O–H groups in total. The zero-order valence-electron chi connectivity index (χ0n) is 12.8. The minimum Gasteiger partial charge on any atom is -0.493 e. The van der Waals surface area contributed by atoms with Crippen LogP contribution < -0.4 is 14.8 Å². The summed E-state index contributed by atoms with van der Waals surface area (Å²) < 4.78 is 15.8. The quantitative estimate of drug-likeness (QED) is 0.845. The molecule has 6 heteroatoms. The minimum absolute atomic E-state index is 0.264. The van der Waals surface area contributed by atoms with Gasteiger partial charge in [-0.2, -0.15) is 0 Å². The standard InChI is InChI=1S/C15H21N3O3/c1-5-16-10(2)12-6-7-14(15(8-12)19-4)20-9-13-11(3)17-21-18-13/h6-8,10,16H,5,9H2,1-4H3. The molecule has 6 nitrogen and oxygen atoms in total. The molecule has 2 rings (SSSR count). The number of benzene rings is 1. The van der Waals surface area contributed by atoms with E-state index in [2.05, 4.69) is 34.1 Å². The Morgan fingerprint density at radius 1 is 1.29 bits per heavy atom. The minimum atomic E-state index is 0.264. The van der Waals surface area contributed by atoms with Crippen LogP contribution >= 0.6 is 0 Å². The van der Waals surface area contributed by atoms with E-state index in [9.17, 15) is 0 Å². The molecule has 1 aromatic heterocycles. The summed E-state index contributed by atoms with van der Waals surface area (Å²) in [5.74, 6) is 1.37. The summed E-state index contributed by atoms with van der Waals surface area (Å²) in [6.07, 6.45) is 0. The van der Waals surface area contributed by atoms with Crippen molar-refractivity contribution >= 4 is 0 Å². The van der Waals surface area contributed by atoms with Gasteiger partial charge in [-0.25, -0.2) is 4.63 Å². The normalized spacial score (nSPS) is 12.2. The first kappa shape index (κ1) is 15.3. The van der Waals surface area contributed by atoms with Crippen LogP contribution in [-0.4, -0.2) is 24.0 Å². The zero-order chi connectivity index (χ0) is 15.2. The molecule has 0 saturated carbocycles. The van der Waals surface area contributed by atoms with E-state index in [1.165, 1.54) is 0 Å². The third-order valence-electron chi connectivity index (χ3n) is 3.31. The van der Waals surface area contributed by atoms with Gasteiger partial charge in [0, 0.05) is 6.04 Å². The average Bonchev–Trinajstić information content (AvgIpc) is 2.90. The predicted octanol–water partition coefficient (Wildman–Crippen LogP) is 2.64. The van der Waals surface area contributed by atoms with Crippen molar-refractivity contribution in [2.24, 2.45) is 0 Å². The fourth-order valence-electron chi connectivity index (χ4n) is 2.02. The molecular weight excluding hydrogens is 270 g/mol. The molecule has 21 heavy (non-hydrogen) atoms. The van der Waals surface area contributed by atoms with Gasteiger partial charge < -0.3 is 14.8 Å². The third kappa shape index (κ3) is 3.72. The Labute approximate surface area is 124 Å². The second kappa shape index (κ2) is 7.08. The van der Waals surface area contributed by atoms with Crippen LogP contribution in [0.2, 0.25) is 0 Å². The van der Waals surface area contributed by atoms with Crippen molar-refractivity contribution in [2.45, 2.75) is 33.4 Å². The van der Waals surface area contributed by atoms with Gasteiger partial charge in [0.25, 0.3) is 0 Å². The van der Waals surface area contributed by atoms with E-state index in [1.54, 1.807) is 7.11 Å². The lowest BCUT2D eigenvalue weighted by Crippen LogP contribution is -2.17. The number of methoxy groups -OCH3 is 1. The van der Waals surface area contributed by atoms with Crippen molar-refractivity contribution in [2.75, 3.05) is 13.7 Å². The van der Waals surface area contributed by atoms with Gasteiger partial charge in [0.05, 0.1) is 7.11 Å². The van der Waals surface area contributed by atoms with Gasteiger partial charge in [-0.05, 0) is 38.1 Å². The summed E-state index contributed by atoms with van der Waals surface area (Å²) in [7, 11) is 1.63. The van der Waals surface area contributed by atoms with Gasteiger partial charge in [0.1, 0.15) is 18.0 Å². The Hall–Kier alpha value is -2.08. The van der Waals surface area contributed by atoms with Crippen LogP contribution in [0.4, 0.5) is 0 Å². The first-order valence-electron chi connectivity index (χ1n) is 6.97. The Bertz CT molecular complexity index is 583. The van der Waals surface area contributed by atoms with Gasteiger partial charge in [-0.15, -0.1) is 0 Å². The molecule has 2 aromatic rings. The highest BCUT2D eigenvalue weighted by Gasteiger charge is 2.12. The van der Waals surface area contributed by atoms with E-state index in [1.807, 2.05) is 25.1 Å². The van der Waals surface area contributed by atoms with Crippen molar-refractivity contribution in [1.29, 1.82) is 0 Å². The van der Waals surface area contributed by atoms with Crippen LogP contribution in [0.25, 0.3) is 0 Å². The van der Waals surface area contributed by atoms with Gasteiger partial charge in [-0.1, -0.05) is 23.3 Å². The lowest BCUT2D eigenvalue weighted by Gasteiger charge is -2.16. The van der Waals surface area contributed by atoms with E-state index >= 15 is 0 Å². The number of nitrogens with one attached hydrogen (secondary N) is 1. The topological polar surface area (TPSA) is 69.4 Å². The number of hydrogen-bond acceptors (Lipinski definition) is 6. The Morgan fingerprint density at radius 2 is 2.10 bits per heavy atom. The second-order valence-electron chi connectivity index (χ2n) is 4.77. The third-order valence-corrected chi connectivity index (χ3v) is 3.31. The molecule has 0 saturated heterocycles. The average molecular weight is 291 g/mol. The van der Waals surface area contributed by atoms with Crippen LogP contribution in [0, 0.1) is 6.92 Å². The molecule has 1 unspecified atom stereocenters. The first-order valence-corrected chi connectivity index (χ1v) is 6.97. The number of aromatic nitrogens is 2. The smallest absolute Gasteiger partial charge is 0.161 e. The molecule has 0 aliphatic rings. The highest BCUT2D eigenvalue weighted by Crippen LogP contribution is 2.30. The summed E-state index contributed by atoms with van der Waals surface area (Å²) in [6, 6.07) is 6.18. The van der Waals surface area contributed by atoms with Crippen molar-refractivity contribution in [3.63, 3.8) is 0 Å². The molecule has 1 atom stereocenters. The molecular formula is C15H21N3O3. The van der Waals surface area contributed by atoms with Crippen molar-refractivity contribution in [1.82, 2.24) is 15.6 Å². The number of ether oxygens (including phenoxy) is 2. The molecule has 1 aromatic carbocycles. The fourth-order valence-corrected chi connectivity index (χ4v) is 2.02. The molecule has 0 aliphatic carbocycles. The Morgan fingerprint density at radius 3 is 2.71 bits per heavy atom. The van der Waals surface area contributed by atoms with Crippen molar-refractivity contribution < 1.29 is 14.1 Å². The van der Waals surface area contributed by atoms with Crippen molar-refractivity contribution in [3.8, 4) is 11.5 Å². The monoisotopic (exact) mass is 291 g/mol. The molecule has 1 heterocycles. The van der Waals surface area contributed by atoms with Crippen LogP contribution in [0.5, 0.6) is 11.5 Å². The van der Waals surface area contributed by atoms with Crippen molar-refractivity contribution in [3.05, 3.63) is 35.2 Å². The maximum atomic E-state index is 5.74. The lowest BCUT2D eigenvalue weighted by molar-refractivity contribution is 0.260. The van der Waals surface area contributed by atoms with Gasteiger partial charge >= 0.3 is 0 Å². The fraction of sp³-hybridized carbons (Fsp3) is 0.467. The van der Waals surface area contributed by atoms with E-state index in [0.717, 1.165) is 17.8 Å². The summed E-state index contributed by atoms with van der Waals surface area (Å²) in [5, 5.41) is 10.9. The molecule has 0 fully saturated rings. The maximum absolute atomic E-state index is 5.74. The molecule has 0 aliphatic heterocycles. The highest BCUT2D eigenvalue weighted by molar-refractivity contribution is 5.43. The van der Waals surface area contributed by atoms with Gasteiger partial charge in [0.2, 0.25) is 0 Å². The first-order chi connectivity index (χ1) is 10.2. The Kier molecular flexibility index (Phi) is 5.16. The van der Waals surface area contributed by atoms with Crippen LogP contribution in [0.3, 0.4) is 0 Å². The molecule has 0 bridgehead atoms. The van der Waals surface area contributed by atoms with Crippen LogP contribution in [0.15, 0.2) is 22.8 Å². The molecule has 0 radical (unpaired) electrons. The Balaban J connectivity index is 2.11. The van der Waals surface area contributed by atoms with E-state index in [0.29, 0.717) is 23.8 Å². The SMILES string of the molecule is CCNC(C)c1ccc(OCc2nonc2C)c(OC)c1. The number of rotatable bonds is 7. The van der Waals surface area contributed by atoms with Crippen LogP contribution in [-0.2, 0) is 6.61 Å². The van der Waals surface area contributed by atoms with Crippen LogP contribution in [0.1, 0.15) is 36.8 Å². The van der Waals surface area contributed by atoms with E-state index < -0.39 is 0 Å².